The van der Waals surface area contributed by atoms with Gasteiger partial charge in [-0.25, -0.2) is 4.57 Å². The molecule has 1 heterocycles. The van der Waals surface area contributed by atoms with Crippen LogP contribution in [-0.4, -0.2) is 0 Å². The fourth-order valence-corrected chi connectivity index (χ4v) is 3.64. The van der Waals surface area contributed by atoms with Crippen LogP contribution in [0.1, 0.15) is 19.4 Å². The second kappa shape index (κ2) is 7.50. The summed E-state index contributed by atoms with van der Waals surface area (Å²) >= 11 is 10.0. The van der Waals surface area contributed by atoms with Crippen molar-refractivity contribution in [3.05, 3.63) is 76.0 Å². The molecule has 3 rings (SSSR count). The van der Waals surface area contributed by atoms with Crippen molar-refractivity contribution in [2.24, 2.45) is 0 Å². The molecule has 0 fully saturated rings. The van der Waals surface area contributed by atoms with E-state index in [2.05, 4.69) is 77.1 Å². The Balaban J connectivity index is 2.17. The predicted molar refractivity (Wildman–Crippen MR) is 105 cm³/mol. The molecular weight excluding hydrogens is 382 g/mol. The molecule has 0 N–H and O–H groups in total. The Morgan fingerprint density at radius 1 is 0.917 bits per heavy atom. The minimum Gasteiger partial charge on any atom is -0.204 e. The zero-order valence-electron chi connectivity index (χ0n) is 13.9. The summed E-state index contributed by atoms with van der Waals surface area (Å²) < 4.78 is 3.31. The van der Waals surface area contributed by atoms with E-state index in [1.165, 1.54) is 16.7 Å². The van der Waals surface area contributed by atoms with E-state index in [0.29, 0.717) is 0 Å². The topological polar surface area (TPSA) is 3.88 Å². The minimum absolute atomic E-state index is 0.750. The number of pyridine rings is 1. The van der Waals surface area contributed by atoms with E-state index in [9.17, 15) is 0 Å². The van der Waals surface area contributed by atoms with Crippen LogP contribution in [0, 0.1) is 0 Å². The molecule has 2 aromatic carbocycles. The Labute approximate surface area is 157 Å². The normalized spacial score (nSPS) is 10.8. The fourth-order valence-electron chi connectivity index (χ4n) is 2.79. The van der Waals surface area contributed by atoms with E-state index in [1.807, 2.05) is 18.2 Å². The van der Waals surface area contributed by atoms with Crippen molar-refractivity contribution in [2.45, 2.75) is 26.8 Å². The summed E-state index contributed by atoms with van der Waals surface area (Å²) in [5, 5.41) is 0.750. The van der Waals surface area contributed by atoms with Gasteiger partial charge in [-0.15, -0.1) is 0 Å². The Morgan fingerprint density at radius 3 is 2.17 bits per heavy atom. The highest BCUT2D eigenvalue weighted by Gasteiger charge is 2.17. The van der Waals surface area contributed by atoms with Crippen LogP contribution < -0.4 is 4.57 Å². The molecule has 0 atom stereocenters. The van der Waals surface area contributed by atoms with E-state index >= 15 is 0 Å². The van der Waals surface area contributed by atoms with E-state index in [-0.39, 0.29) is 0 Å². The summed E-state index contributed by atoms with van der Waals surface area (Å²) in [6.45, 7) is 5.25. The van der Waals surface area contributed by atoms with Crippen LogP contribution in [0.4, 0.5) is 0 Å². The van der Waals surface area contributed by atoms with Gasteiger partial charge in [-0.05, 0) is 58.1 Å². The molecule has 1 nitrogen and oxygen atoms in total. The molecule has 0 aliphatic heterocycles. The summed E-state index contributed by atoms with van der Waals surface area (Å²) in [5.41, 5.74) is 6.02. The molecule has 0 radical (unpaired) electrons. The monoisotopic (exact) mass is 400 g/mol. The molecule has 0 amide bonds. The van der Waals surface area contributed by atoms with Gasteiger partial charge in [0.2, 0.25) is 0 Å². The highest BCUT2D eigenvalue weighted by Crippen LogP contribution is 2.36. The van der Waals surface area contributed by atoms with Crippen LogP contribution in [0.2, 0.25) is 5.02 Å². The molecule has 0 unspecified atom stereocenters. The zero-order chi connectivity index (χ0) is 17.1. The van der Waals surface area contributed by atoms with Crippen LogP contribution in [0.15, 0.2) is 65.4 Å². The second-order valence-electron chi connectivity index (χ2n) is 5.79. The summed E-state index contributed by atoms with van der Waals surface area (Å²) in [5.74, 6) is 0. The van der Waals surface area contributed by atoms with Crippen molar-refractivity contribution in [1.82, 2.24) is 0 Å². The first-order valence-electron chi connectivity index (χ1n) is 8.20. The molecule has 122 valence electrons. The number of aryl methyl sites for hydroxylation is 2. The summed E-state index contributed by atoms with van der Waals surface area (Å²) in [6.07, 6.45) is 5.41. The fraction of sp³-hybridized carbons (Fsp3) is 0.190. The molecule has 3 aromatic rings. The maximum Gasteiger partial charge on any atom is 0.177 e. The highest BCUT2D eigenvalue weighted by atomic mass is 79.9. The zero-order valence-corrected chi connectivity index (χ0v) is 16.2. The smallest absolute Gasteiger partial charge is 0.177 e. The van der Waals surface area contributed by atoms with Crippen molar-refractivity contribution >= 4 is 27.5 Å². The quantitative estimate of drug-likeness (QED) is 0.451. The lowest BCUT2D eigenvalue weighted by molar-refractivity contribution is -0.692. The SMILES string of the molecule is CCc1ccc(-c2c[n+](CC)cc(-c3cccc(Cl)c3)c2Br)cc1. The first-order valence-corrected chi connectivity index (χ1v) is 9.37. The van der Waals surface area contributed by atoms with E-state index in [1.54, 1.807) is 0 Å². The van der Waals surface area contributed by atoms with Crippen molar-refractivity contribution in [2.75, 3.05) is 0 Å². The molecule has 0 saturated heterocycles. The van der Waals surface area contributed by atoms with Crippen molar-refractivity contribution in [3.8, 4) is 22.3 Å². The third-order valence-electron chi connectivity index (χ3n) is 4.24. The number of benzene rings is 2. The van der Waals surface area contributed by atoms with Crippen LogP contribution in [0.3, 0.4) is 0 Å². The van der Waals surface area contributed by atoms with Gasteiger partial charge in [0.05, 0.1) is 11.1 Å². The van der Waals surface area contributed by atoms with E-state index in [4.69, 9.17) is 11.6 Å². The minimum atomic E-state index is 0.750. The van der Waals surface area contributed by atoms with Gasteiger partial charge in [0, 0.05) is 9.50 Å². The first kappa shape index (κ1) is 17.2. The number of aromatic nitrogens is 1. The van der Waals surface area contributed by atoms with Crippen molar-refractivity contribution in [1.29, 1.82) is 0 Å². The third kappa shape index (κ3) is 3.55. The molecule has 24 heavy (non-hydrogen) atoms. The van der Waals surface area contributed by atoms with Gasteiger partial charge in [0.1, 0.15) is 6.54 Å². The van der Waals surface area contributed by atoms with Gasteiger partial charge in [-0.1, -0.05) is 54.9 Å². The lowest BCUT2D eigenvalue weighted by atomic mass is 10.0. The number of nitrogens with zero attached hydrogens (tertiary/aromatic N) is 1. The van der Waals surface area contributed by atoms with E-state index < -0.39 is 0 Å². The molecular formula is C21H20BrClN+. The van der Waals surface area contributed by atoms with Crippen LogP contribution in [0.5, 0.6) is 0 Å². The Hall–Kier alpha value is -1.64. The number of halogens is 2. The van der Waals surface area contributed by atoms with E-state index in [0.717, 1.165) is 33.6 Å². The number of hydrogen-bond donors (Lipinski definition) is 0. The number of hydrogen-bond acceptors (Lipinski definition) is 0. The van der Waals surface area contributed by atoms with Gasteiger partial charge >= 0.3 is 0 Å². The molecule has 0 spiro atoms. The van der Waals surface area contributed by atoms with Gasteiger partial charge in [0.15, 0.2) is 12.4 Å². The standard InChI is InChI=1S/C21H20BrClN/c1-3-15-8-10-16(11-9-15)19-13-24(4-2)14-20(21(19)22)17-6-5-7-18(23)12-17/h5-14H,3-4H2,1-2H3/q+1. The Kier molecular flexibility index (Phi) is 5.37. The summed E-state index contributed by atoms with van der Waals surface area (Å²) in [4.78, 5) is 0. The highest BCUT2D eigenvalue weighted by molar-refractivity contribution is 9.10. The number of rotatable bonds is 4. The average molecular weight is 402 g/mol. The van der Waals surface area contributed by atoms with Gasteiger partial charge < -0.3 is 0 Å². The molecule has 0 aliphatic carbocycles. The Morgan fingerprint density at radius 2 is 1.58 bits per heavy atom. The molecule has 1 aromatic heterocycles. The van der Waals surface area contributed by atoms with Crippen LogP contribution in [0.25, 0.3) is 22.3 Å². The second-order valence-corrected chi connectivity index (χ2v) is 7.02. The van der Waals surface area contributed by atoms with Crippen molar-refractivity contribution < 1.29 is 4.57 Å². The van der Waals surface area contributed by atoms with Gasteiger partial charge in [-0.2, -0.15) is 0 Å². The van der Waals surface area contributed by atoms with Crippen LogP contribution >= 0.6 is 27.5 Å². The first-order chi connectivity index (χ1) is 11.6. The molecule has 0 saturated carbocycles. The maximum atomic E-state index is 6.19. The lowest BCUT2D eigenvalue weighted by Crippen LogP contribution is -2.32. The lowest BCUT2D eigenvalue weighted by Gasteiger charge is -2.10. The summed E-state index contributed by atoms with van der Waals surface area (Å²) in [7, 11) is 0. The predicted octanol–water partition coefficient (Wildman–Crippen LogP) is 6.31. The molecule has 3 heteroatoms. The largest absolute Gasteiger partial charge is 0.204 e. The van der Waals surface area contributed by atoms with Crippen LogP contribution in [-0.2, 0) is 13.0 Å². The average Bonchev–Trinajstić information content (AvgIpc) is 2.62. The molecule has 0 bridgehead atoms. The van der Waals surface area contributed by atoms with Crippen molar-refractivity contribution in [3.63, 3.8) is 0 Å². The molecule has 0 aliphatic rings. The summed E-state index contributed by atoms with van der Waals surface area (Å²) in [6, 6.07) is 16.8. The maximum absolute atomic E-state index is 6.19. The Bertz CT molecular complexity index is 856. The van der Waals surface area contributed by atoms with Gasteiger partial charge in [0.25, 0.3) is 0 Å². The third-order valence-corrected chi connectivity index (χ3v) is 5.33. The van der Waals surface area contributed by atoms with Gasteiger partial charge in [-0.3, -0.25) is 0 Å².